The lowest BCUT2D eigenvalue weighted by Gasteiger charge is -2.28. The van der Waals surface area contributed by atoms with Gasteiger partial charge in [-0.3, -0.25) is 4.79 Å². The minimum Gasteiger partial charge on any atom is -0.372 e. The number of amides is 1. The second kappa shape index (κ2) is 8.92. The zero-order chi connectivity index (χ0) is 21.0. The lowest BCUT2D eigenvalue weighted by molar-refractivity contribution is 0.102. The van der Waals surface area contributed by atoms with E-state index in [0.29, 0.717) is 5.69 Å². The van der Waals surface area contributed by atoms with Crippen LogP contribution in [0.15, 0.2) is 47.4 Å². The van der Waals surface area contributed by atoms with Crippen LogP contribution < -0.4 is 14.9 Å². The number of anilines is 2. The first-order valence-electron chi connectivity index (χ1n) is 9.74. The van der Waals surface area contributed by atoms with Crippen LogP contribution in [0.25, 0.3) is 0 Å². The quantitative estimate of drug-likeness (QED) is 0.747. The molecule has 156 valence electrons. The van der Waals surface area contributed by atoms with Crippen LogP contribution in [0, 0.1) is 5.82 Å². The number of hydrogen-bond acceptors (Lipinski definition) is 4. The van der Waals surface area contributed by atoms with Crippen molar-refractivity contribution in [2.45, 2.75) is 44.0 Å². The Balaban J connectivity index is 1.75. The summed E-state index contributed by atoms with van der Waals surface area (Å²) in [5.74, 6) is -1.48. The third kappa shape index (κ3) is 5.33. The number of piperidine rings is 1. The van der Waals surface area contributed by atoms with Crippen LogP contribution in [0.5, 0.6) is 0 Å². The van der Waals surface area contributed by atoms with Crippen LogP contribution in [-0.4, -0.2) is 33.5 Å². The maximum absolute atomic E-state index is 14.2. The van der Waals surface area contributed by atoms with Gasteiger partial charge in [-0.1, -0.05) is 0 Å². The minimum absolute atomic E-state index is 0.154. The topological polar surface area (TPSA) is 78.5 Å². The van der Waals surface area contributed by atoms with Gasteiger partial charge in [0.25, 0.3) is 5.91 Å². The fourth-order valence-corrected chi connectivity index (χ4v) is 4.61. The predicted octanol–water partition coefficient (Wildman–Crippen LogP) is 3.76. The molecular weight excluding hydrogens is 393 g/mol. The number of hydrogen-bond donors (Lipinski definition) is 2. The number of carbonyl (C=O) groups is 1. The van der Waals surface area contributed by atoms with E-state index in [1.807, 2.05) is 12.1 Å². The molecule has 0 atom stereocenters. The molecule has 1 amide bonds. The molecule has 0 aromatic heterocycles. The normalized spacial score (nSPS) is 14.8. The van der Waals surface area contributed by atoms with E-state index in [1.165, 1.54) is 19.3 Å². The summed E-state index contributed by atoms with van der Waals surface area (Å²) in [6.07, 6.45) is 3.59. The SMILES string of the molecule is CC(C)NS(=O)(=O)c1ccc(F)c(C(=O)Nc2ccc(N3CCCCC3)cc2)c1. The van der Waals surface area contributed by atoms with Gasteiger partial charge in [-0.05, 0) is 75.6 Å². The Kier molecular flexibility index (Phi) is 6.54. The van der Waals surface area contributed by atoms with Gasteiger partial charge < -0.3 is 10.2 Å². The van der Waals surface area contributed by atoms with E-state index in [-0.39, 0.29) is 16.5 Å². The monoisotopic (exact) mass is 419 g/mol. The largest absolute Gasteiger partial charge is 0.372 e. The molecular formula is C21H26FN3O3S. The van der Waals surface area contributed by atoms with Crippen molar-refractivity contribution in [1.82, 2.24) is 4.72 Å². The molecule has 6 nitrogen and oxygen atoms in total. The van der Waals surface area contributed by atoms with Gasteiger partial charge in [-0.25, -0.2) is 17.5 Å². The first-order valence-corrected chi connectivity index (χ1v) is 11.2. The summed E-state index contributed by atoms with van der Waals surface area (Å²) in [5.41, 5.74) is 1.28. The number of sulfonamides is 1. The highest BCUT2D eigenvalue weighted by Crippen LogP contribution is 2.23. The molecule has 1 fully saturated rings. The molecule has 2 N–H and O–H groups in total. The molecule has 1 heterocycles. The van der Waals surface area contributed by atoms with E-state index < -0.39 is 21.7 Å². The van der Waals surface area contributed by atoms with Crippen LogP contribution in [-0.2, 0) is 10.0 Å². The van der Waals surface area contributed by atoms with E-state index in [9.17, 15) is 17.6 Å². The van der Waals surface area contributed by atoms with Gasteiger partial charge in [0, 0.05) is 30.5 Å². The zero-order valence-electron chi connectivity index (χ0n) is 16.6. The summed E-state index contributed by atoms with van der Waals surface area (Å²) in [7, 11) is -3.83. The zero-order valence-corrected chi connectivity index (χ0v) is 17.4. The van der Waals surface area contributed by atoms with E-state index in [4.69, 9.17) is 0 Å². The van der Waals surface area contributed by atoms with Crippen molar-refractivity contribution in [1.29, 1.82) is 0 Å². The van der Waals surface area contributed by atoms with Gasteiger partial charge in [0.2, 0.25) is 10.0 Å². The number of rotatable bonds is 6. The van der Waals surface area contributed by atoms with Gasteiger partial charge in [0.1, 0.15) is 5.82 Å². The van der Waals surface area contributed by atoms with Gasteiger partial charge in [0.15, 0.2) is 0 Å². The van der Waals surface area contributed by atoms with E-state index >= 15 is 0 Å². The first-order chi connectivity index (χ1) is 13.8. The highest BCUT2D eigenvalue weighted by Gasteiger charge is 2.20. The Hall–Kier alpha value is -2.45. The maximum atomic E-state index is 14.2. The van der Waals surface area contributed by atoms with Crippen molar-refractivity contribution in [3.05, 3.63) is 53.8 Å². The Morgan fingerprint density at radius 3 is 2.31 bits per heavy atom. The van der Waals surface area contributed by atoms with Crippen LogP contribution in [0.2, 0.25) is 0 Å². The van der Waals surface area contributed by atoms with E-state index in [2.05, 4.69) is 14.9 Å². The summed E-state index contributed by atoms with van der Waals surface area (Å²) >= 11 is 0. The third-order valence-corrected chi connectivity index (χ3v) is 6.39. The summed E-state index contributed by atoms with van der Waals surface area (Å²) in [5, 5.41) is 2.64. The predicted molar refractivity (Wildman–Crippen MR) is 112 cm³/mol. The van der Waals surface area contributed by atoms with Gasteiger partial charge in [-0.15, -0.1) is 0 Å². The van der Waals surface area contributed by atoms with Crippen LogP contribution in [0.1, 0.15) is 43.5 Å². The molecule has 1 aliphatic rings. The average molecular weight is 420 g/mol. The molecule has 29 heavy (non-hydrogen) atoms. The summed E-state index contributed by atoms with van der Waals surface area (Å²) in [6, 6.07) is 10.2. The number of nitrogens with one attached hydrogen (secondary N) is 2. The molecule has 3 rings (SSSR count). The molecule has 0 radical (unpaired) electrons. The van der Waals surface area contributed by atoms with Gasteiger partial charge >= 0.3 is 0 Å². The Bertz CT molecular complexity index is 969. The molecule has 1 aliphatic heterocycles. The highest BCUT2D eigenvalue weighted by molar-refractivity contribution is 7.89. The lowest BCUT2D eigenvalue weighted by atomic mass is 10.1. The van der Waals surface area contributed by atoms with Crippen molar-refractivity contribution in [2.75, 3.05) is 23.3 Å². The highest BCUT2D eigenvalue weighted by atomic mass is 32.2. The molecule has 0 aliphatic carbocycles. The maximum Gasteiger partial charge on any atom is 0.258 e. The molecule has 0 bridgehead atoms. The van der Waals surface area contributed by atoms with Crippen molar-refractivity contribution in [3.8, 4) is 0 Å². The number of halogens is 1. The smallest absolute Gasteiger partial charge is 0.258 e. The number of nitrogens with zero attached hydrogens (tertiary/aromatic N) is 1. The van der Waals surface area contributed by atoms with E-state index in [0.717, 1.165) is 37.0 Å². The first kappa shape index (κ1) is 21.3. The summed E-state index contributed by atoms with van der Waals surface area (Å²) in [4.78, 5) is 14.7. The fraction of sp³-hybridized carbons (Fsp3) is 0.381. The minimum atomic E-state index is -3.83. The molecule has 8 heteroatoms. The van der Waals surface area contributed by atoms with Crippen molar-refractivity contribution in [3.63, 3.8) is 0 Å². The fourth-order valence-electron chi connectivity index (χ4n) is 3.33. The van der Waals surface area contributed by atoms with E-state index in [1.54, 1.807) is 26.0 Å². The summed E-state index contributed by atoms with van der Waals surface area (Å²) in [6.45, 7) is 5.40. The lowest BCUT2D eigenvalue weighted by Crippen LogP contribution is -2.30. The van der Waals surface area contributed by atoms with Crippen LogP contribution >= 0.6 is 0 Å². The van der Waals surface area contributed by atoms with Gasteiger partial charge in [0.05, 0.1) is 10.5 Å². The average Bonchev–Trinajstić information content (AvgIpc) is 2.68. The molecule has 0 spiro atoms. The standard InChI is InChI=1S/C21H26FN3O3S/c1-15(2)24-29(27,28)18-10-11-20(22)19(14-18)21(26)23-16-6-8-17(9-7-16)25-12-4-3-5-13-25/h6-11,14-15,24H,3-5,12-13H2,1-2H3,(H,23,26). The molecule has 2 aromatic carbocycles. The second-order valence-electron chi connectivity index (χ2n) is 7.47. The third-order valence-electron chi connectivity index (χ3n) is 4.73. The Morgan fingerprint density at radius 1 is 1.03 bits per heavy atom. The molecule has 0 unspecified atom stereocenters. The Morgan fingerprint density at radius 2 is 1.69 bits per heavy atom. The van der Waals surface area contributed by atoms with Crippen molar-refractivity contribution < 1.29 is 17.6 Å². The van der Waals surface area contributed by atoms with Crippen LogP contribution in [0.4, 0.5) is 15.8 Å². The second-order valence-corrected chi connectivity index (χ2v) is 9.18. The van der Waals surface area contributed by atoms with Gasteiger partial charge in [-0.2, -0.15) is 0 Å². The number of benzene rings is 2. The molecule has 1 saturated heterocycles. The molecule has 2 aromatic rings. The summed E-state index contributed by atoms with van der Waals surface area (Å²) < 4.78 is 41.2. The van der Waals surface area contributed by atoms with Crippen molar-refractivity contribution in [2.24, 2.45) is 0 Å². The van der Waals surface area contributed by atoms with Crippen LogP contribution in [0.3, 0.4) is 0 Å². The Labute approximate surface area is 171 Å². The van der Waals surface area contributed by atoms with Crippen molar-refractivity contribution >= 4 is 27.3 Å². The molecule has 0 saturated carbocycles. The number of carbonyl (C=O) groups excluding carboxylic acids is 1.